The second-order valence-corrected chi connectivity index (χ2v) is 6.19. The predicted octanol–water partition coefficient (Wildman–Crippen LogP) is 5.56. The molecule has 1 aromatic carbocycles. The molecule has 1 aromatic heterocycles. The number of aromatic amines is 1. The lowest BCUT2D eigenvalue weighted by molar-refractivity contribution is -0.138. The van der Waals surface area contributed by atoms with Gasteiger partial charge in [-0.25, -0.2) is 4.79 Å². The Morgan fingerprint density at radius 2 is 1.92 bits per heavy atom. The predicted molar refractivity (Wildman–Crippen MR) is 100 cm³/mol. The molecule has 0 saturated carbocycles. The Morgan fingerprint density at radius 1 is 1.12 bits per heavy atom. The van der Waals surface area contributed by atoms with Crippen LogP contribution in [0.3, 0.4) is 0 Å². The molecule has 1 heterocycles. The molecular formula is C21H29NO2. The summed E-state index contributed by atoms with van der Waals surface area (Å²) in [5.74, 6) is -0.184. The fourth-order valence-corrected chi connectivity index (χ4v) is 2.96. The largest absolute Gasteiger partial charge is 0.463 e. The number of rotatable bonds is 10. The molecule has 0 aliphatic rings. The van der Waals surface area contributed by atoms with Gasteiger partial charge in [-0.1, -0.05) is 56.9 Å². The Hall–Kier alpha value is -2.03. The highest BCUT2D eigenvalue weighted by atomic mass is 16.5. The maximum Gasteiger partial charge on any atom is 0.334 e. The molecule has 0 bridgehead atoms. The zero-order valence-corrected chi connectivity index (χ0v) is 14.9. The van der Waals surface area contributed by atoms with Gasteiger partial charge >= 0.3 is 5.97 Å². The fourth-order valence-electron chi connectivity index (χ4n) is 2.96. The summed E-state index contributed by atoms with van der Waals surface area (Å²) in [6, 6.07) is 8.19. The van der Waals surface area contributed by atoms with Crippen molar-refractivity contribution in [1.82, 2.24) is 4.98 Å². The van der Waals surface area contributed by atoms with Crippen molar-refractivity contribution in [2.24, 2.45) is 0 Å². The molecule has 0 atom stereocenters. The number of allylic oxidation sites excluding steroid dienone is 1. The molecule has 0 aliphatic carbocycles. The van der Waals surface area contributed by atoms with Crippen molar-refractivity contribution in [3.63, 3.8) is 0 Å². The summed E-state index contributed by atoms with van der Waals surface area (Å²) < 4.78 is 5.24. The smallest absolute Gasteiger partial charge is 0.334 e. The van der Waals surface area contributed by atoms with E-state index in [1.807, 2.05) is 25.3 Å². The molecule has 2 aromatic rings. The number of benzene rings is 1. The summed E-state index contributed by atoms with van der Waals surface area (Å²) in [5, 5.41) is 1.18. The summed E-state index contributed by atoms with van der Waals surface area (Å²) in [7, 11) is 0. The Kier molecular flexibility index (Phi) is 7.60. The number of esters is 1. The van der Waals surface area contributed by atoms with Gasteiger partial charge in [0.25, 0.3) is 0 Å². The van der Waals surface area contributed by atoms with Crippen LogP contribution in [0.15, 0.2) is 42.1 Å². The monoisotopic (exact) mass is 327 g/mol. The van der Waals surface area contributed by atoms with Crippen molar-refractivity contribution in [3.05, 3.63) is 47.7 Å². The molecule has 2 rings (SSSR count). The molecule has 0 spiro atoms. The quantitative estimate of drug-likeness (QED) is 0.352. The normalized spacial score (nSPS) is 11.8. The second kappa shape index (κ2) is 9.96. The van der Waals surface area contributed by atoms with Crippen molar-refractivity contribution >= 4 is 16.9 Å². The maximum absolute atomic E-state index is 12.3. The Bertz CT molecular complexity index is 669. The maximum atomic E-state index is 12.3. The van der Waals surface area contributed by atoms with E-state index < -0.39 is 0 Å². The molecule has 3 heteroatoms. The lowest BCUT2D eigenvalue weighted by atomic mass is 10.0. The third kappa shape index (κ3) is 5.26. The number of unbranched alkanes of at least 4 members (excludes halogenated alkanes) is 5. The highest BCUT2D eigenvalue weighted by Gasteiger charge is 2.13. The van der Waals surface area contributed by atoms with E-state index in [1.54, 1.807) is 0 Å². The number of fused-ring (bicyclic) bond motifs is 1. The van der Waals surface area contributed by atoms with Crippen molar-refractivity contribution in [1.29, 1.82) is 0 Å². The summed E-state index contributed by atoms with van der Waals surface area (Å²) in [6.45, 7) is 4.49. The van der Waals surface area contributed by atoms with E-state index >= 15 is 0 Å². The zero-order chi connectivity index (χ0) is 17.2. The van der Waals surface area contributed by atoms with Gasteiger partial charge in [0.15, 0.2) is 0 Å². The zero-order valence-electron chi connectivity index (χ0n) is 14.9. The number of hydrogen-bond acceptors (Lipinski definition) is 2. The summed E-state index contributed by atoms with van der Waals surface area (Å²) in [5.41, 5.74) is 3.03. The summed E-state index contributed by atoms with van der Waals surface area (Å²) in [4.78, 5) is 15.5. The number of carbonyl (C=O) groups is 1. The molecule has 24 heavy (non-hydrogen) atoms. The highest BCUT2D eigenvalue weighted by Crippen LogP contribution is 2.21. The number of nitrogens with one attached hydrogen (secondary N) is 1. The van der Waals surface area contributed by atoms with Crippen molar-refractivity contribution in [2.75, 3.05) is 6.61 Å². The minimum absolute atomic E-state index is 0.184. The van der Waals surface area contributed by atoms with Crippen LogP contribution < -0.4 is 0 Å². The number of aromatic nitrogens is 1. The van der Waals surface area contributed by atoms with Crippen LogP contribution in [0.25, 0.3) is 10.9 Å². The molecular weight excluding hydrogens is 298 g/mol. The third-order valence-electron chi connectivity index (χ3n) is 4.29. The van der Waals surface area contributed by atoms with E-state index in [9.17, 15) is 4.79 Å². The molecule has 0 unspecified atom stereocenters. The highest BCUT2D eigenvalue weighted by molar-refractivity contribution is 5.91. The molecule has 130 valence electrons. The van der Waals surface area contributed by atoms with Gasteiger partial charge in [-0.15, -0.1) is 0 Å². The van der Waals surface area contributed by atoms with Crippen LogP contribution in [0.4, 0.5) is 0 Å². The Morgan fingerprint density at radius 3 is 2.71 bits per heavy atom. The van der Waals surface area contributed by atoms with Crippen LogP contribution in [-0.2, 0) is 16.0 Å². The number of H-pyrrole nitrogens is 1. The Labute approximate surface area is 145 Å². The van der Waals surface area contributed by atoms with Crippen LogP contribution in [0, 0.1) is 0 Å². The van der Waals surface area contributed by atoms with Gasteiger partial charge < -0.3 is 9.72 Å². The fraction of sp³-hybridized carbons (Fsp3) is 0.476. The van der Waals surface area contributed by atoms with Crippen molar-refractivity contribution in [3.8, 4) is 0 Å². The molecule has 3 nitrogen and oxygen atoms in total. The first-order valence-corrected chi connectivity index (χ1v) is 9.17. The lowest BCUT2D eigenvalue weighted by Crippen LogP contribution is -2.10. The standard InChI is InChI=1S/C21H29NO2/c1-3-5-6-7-8-9-12-17(21(23)24-4-2)15-18-16-22-20-14-11-10-13-19(18)20/h10-14,16,22H,3-9,15H2,1-2H3/b17-12+. The van der Waals surface area contributed by atoms with Gasteiger partial charge in [0.05, 0.1) is 6.61 Å². The van der Waals surface area contributed by atoms with Crippen LogP contribution in [0.2, 0.25) is 0 Å². The molecule has 0 radical (unpaired) electrons. The van der Waals surface area contributed by atoms with Gasteiger partial charge in [0, 0.05) is 29.1 Å². The molecule has 1 N–H and O–H groups in total. The topological polar surface area (TPSA) is 42.1 Å². The average Bonchev–Trinajstić information content (AvgIpc) is 3.00. The van der Waals surface area contributed by atoms with E-state index in [0.29, 0.717) is 13.0 Å². The van der Waals surface area contributed by atoms with Gasteiger partial charge in [-0.05, 0) is 31.4 Å². The van der Waals surface area contributed by atoms with Gasteiger partial charge in [0.1, 0.15) is 0 Å². The van der Waals surface area contributed by atoms with Crippen LogP contribution in [0.1, 0.15) is 57.9 Å². The minimum atomic E-state index is -0.184. The van der Waals surface area contributed by atoms with E-state index in [0.717, 1.165) is 29.5 Å². The first-order valence-electron chi connectivity index (χ1n) is 9.17. The van der Waals surface area contributed by atoms with Crippen LogP contribution in [0.5, 0.6) is 0 Å². The Balaban J connectivity index is 2.04. The van der Waals surface area contributed by atoms with Crippen LogP contribution in [-0.4, -0.2) is 17.6 Å². The van der Waals surface area contributed by atoms with Crippen molar-refractivity contribution in [2.45, 2.75) is 58.8 Å². The summed E-state index contributed by atoms with van der Waals surface area (Å²) >= 11 is 0. The number of carbonyl (C=O) groups excluding carboxylic acids is 1. The molecule has 0 amide bonds. The minimum Gasteiger partial charge on any atom is -0.463 e. The third-order valence-corrected chi connectivity index (χ3v) is 4.29. The van der Waals surface area contributed by atoms with E-state index in [2.05, 4.69) is 30.1 Å². The number of ether oxygens (including phenoxy) is 1. The summed E-state index contributed by atoms with van der Waals surface area (Å²) in [6.07, 6.45) is 11.8. The van der Waals surface area contributed by atoms with Gasteiger partial charge in [0.2, 0.25) is 0 Å². The lowest BCUT2D eigenvalue weighted by Gasteiger charge is -2.07. The molecule has 0 aliphatic heterocycles. The first-order chi connectivity index (χ1) is 11.8. The molecule has 0 saturated heterocycles. The van der Waals surface area contributed by atoms with Crippen molar-refractivity contribution < 1.29 is 9.53 Å². The van der Waals surface area contributed by atoms with Crippen LogP contribution >= 0.6 is 0 Å². The van der Waals surface area contributed by atoms with Gasteiger partial charge in [-0.3, -0.25) is 0 Å². The number of para-hydroxylation sites is 1. The second-order valence-electron chi connectivity index (χ2n) is 6.19. The first kappa shape index (κ1) is 18.3. The molecule has 0 fully saturated rings. The van der Waals surface area contributed by atoms with Gasteiger partial charge in [-0.2, -0.15) is 0 Å². The van der Waals surface area contributed by atoms with E-state index in [-0.39, 0.29) is 5.97 Å². The van der Waals surface area contributed by atoms with E-state index in [1.165, 1.54) is 31.1 Å². The SMILES string of the molecule is CCCCCCC/C=C(\Cc1c[nH]c2ccccc12)C(=O)OCC. The number of hydrogen-bond donors (Lipinski definition) is 1. The average molecular weight is 327 g/mol. The van der Waals surface area contributed by atoms with E-state index in [4.69, 9.17) is 4.74 Å².